The maximum atomic E-state index is 13.2. The van der Waals surface area contributed by atoms with E-state index in [0.29, 0.717) is 6.42 Å². The lowest BCUT2D eigenvalue weighted by Crippen LogP contribution is -2.12. The molecule has 1 fully saturated rings. The number of aliphatic carboxylic acids is 1. The fourth-order valence-electron chi connectivity index (χ4n) is 2.04. The molecule has 0 bridgehead atoms. The van der Waals surface area contributed by atoms with Crippen molar-refractivity contribution in [2.75, 3.05) is 19.0 Å². The molecule has 0 aromatic heterocycles. The maximum absolute atomic E-state index is 13.2. The van der Waals surface area contributed by atoms with Crippen LogP contribution in [0.25, 0.3) is 0 Å². The maximum Gasteiger partial charge on any atom is 0.307 e. The molecule has 3 nitrogen and oxygen atoms in total. The highest BCUT2D eigenvalue weighted by Gasteiger charge is 2.45. The largest absolute Gasteiger partial charge is 0.481 e. The van der Waals surface area contributed by atoms with Crippen LogP contribution in [0.4, 0.5) is 10.1 Å². The van der Waals surface area contributed by atoms with Gasteiger partial charge in [0.05, 0.1) is 5.92 Å². The number of halogens is 1. The molecule has 0 spiro atoms. The molecular weight excluding hydrogens is 209 g/mol. The van der Waals surface area contributed by atoms with Crippen LogP contribution in [-0.4, -0.2) is 25.2 Å². The van der Waals surface area contributed by atoms with Crippen LogP contribution in [0.1, 0.15) is 17.9 Å². The number of anilines is 1. The van der Waals surface area contributed by atoms with E-state index in [1.54, 1.807) is 6.07 Å². The summed E-state index contributed by atoms with van der Waals surface area (Å²) >= 11 is 0. The first-order chi connectivity index (χ1) is 7.50. The van der Waals surface area contributed by atoms with E-state index in [1.807, 2.05) is 19.0 Å². The van der Waals surface area contributed by atoms with E-state index < -0.39 is 5.97 Å². The van der Waals surface area contributed by atoms with Gasteiger partial charge in [-0.2, -0.15) is 0 Å². The first-order valence-corrected chi connectivity index (χ1v) is 5.20. The highest BCUT2D eigenvalue weighted by molar-refractivity contribution is 5.76. The Bertz CT molecular complexity index is 431. The summed E-state index contributed by atoms with van der Waals surface area (Å²) in [5.74, 6) is -1.48. The van der Waals surface area contributed by atoms with Crippen molar-refractivity contribution in [3.63, 3.8) is 0 Å². The average molecular weight is 223 g/mol. The van der Waals surface area contributed by atoms with Gasteiger partial charge in [-0.15, -0.1) is 0 Å². The molecule has 0 saturated heterocycles. The second-order valence-corrected chi connectivity index (χ2v) is 4.38. The zero-order valence-electron chi connectivity index (χ0n) is 9.27. The van der Waals surface area contributed by atoms with Crippen LogP contribution in [0.5, 0.6) is 0 Å². The lowest BCUT2D eigenvalue weighted by Gasteiger charge is -2.17. The van der Waals surface area contributed by atoms with Gasteiger partial charge in [-0.3, -0.25) is 4.79 Å². The fourth-order valence-corrected chi connectivity index (χ4v) is 2.04. The molecule has 0 amide bonds. The number of hydrogen-bond acceptors (Lipinski definition) is 2. The zero-order valence-corrected chi connectivity index (χ0v) is 9.27. The molecule has 1 saturated carbocycles. The van der Waals surface area contributed by atoms with E-state index in [9.17, 15) is 9.18 Å². The van der Waals surface area contributed by atoms with Gasteiger partial charge >= 0.3 is 5.97 Å². The topological polar surface area (TPSA) is 40.5 Å². The van der Waals surface area contributed by atoms with E-state index in [1.165, 1.54) is 12.1 Å². The summed E-state index contributed by atoms with van der Waals surface area (Å²) in [6, 6.07) is 4.54. The zero-order chi connectivity index (χ0) is 11.9. The molecule has 0 radical (unpaired) electrons. The van der Waals surface area contributed by atoms with Gasteiger partial charge in [0.15, 0.2) is 0 Å². The summed E-state index contributed by atoms with van der Waals surface area (Å²) in [6.07, 6.45) is 0.611. The fraction of sp³-hybridized carbons (Fsp3) is 0.417. The first-order valence-electron chi connectivity index (χ1n) is 5.20. The Morgan fingerprint density at radius 3 is 2.69 bits per heavy atom. The summed E-state index contributed by atoms with van der Waals surface area (Å²) in [5.41, 5.74) is 1.70. The molecule has 1 aromatic rings. The Labute approximate surface area is 93.5 Å². The molecule has 2 atom stereocenters. The number of benzene rings is 1. The second-order valence-electron chi connectivity index (χ2n) is 4.38. The van der Waals surface area contributed by atoms with Gasteiger partial charge in [0.25, 0.3) is 0 Å². The van der Waals surface area contributed by atoms with Crippen molar-refractivity contribution in [3.8, 4) is 0 Å². The van der Waals surface area contributed by atoms with Crippen molar-refractivity contribution >= 4 is 11.7 Å². The summed E-state index contributed by atoms with van der Waals surface area (Å²) in [7, 11) is 3.74. The van der Waals surface area contributed by atoms with E-state index in [-0.39, 0.29) is 17.7 Å². The minimum absolute atomic E-state index is 0.0365. The summed E-state index contributed by atoms with van der Waals surface area (Å²) in [5, 5.41) is 8.88. The smallest absolute Gasteiger partial charge is 0.307 e. The predicted octanol–water partition coefficient (Wildman–Crippen LogP) is 2.08. The number of carbonyl (C=O) groups is 1. The number of rotatable bonds is 3. The van der Waals surface area contributed by atoms with Crippen LogP contribution in [0.15, 0.2) is 18.2 Å². The summed E-state index contributed by atoms with van der Waals surface area (Å²) in [4.78, 5) is 12.7. The minimum Gasteiger partial charge on any atom is -0.481 e. The monoisotopic (exact) mass is 223 g/mol. The molecule has 1 aliphatic carbocycles. The van der Waals surface area contributed by atoms with E-state index >= 15 is 0 Å². The molecule has 1 aromatic carbocycles. The third-order valence-corrected chi connectivity index (χ3v) is 2.98. The quantitative estimate of drug-likeness (QED) is 0.852. The van der Waals surface area contributed by atoms with Crippen LogP contribution < -0.4 is 4.90 Å². The number of hydrogen-bond donors (Lipinski definition) is 1. The Morgan fingerprint density at radius 1 is 1.50 bits per heavy atom. The van der Waals surface area contributed by atoms with Crippen LogP contribution >= 0.6 is 0 Å². The Balaban J connectivity index is 2.33. The van der Waals surface area contributed by atoms with Crippen molar-refractivity contribution in [2.45, 2.75) is 12.3 Å². The molecule has 1 aliphatic rings. The van der Waals surface area contributed by atoms with Gasteiger partial charge in [0.1, 0.15) is 5.82 Å². The van der Waals surface area contributed by atoms with Gasteiger partial charge < -0.3 is 10.0 Å². The molecule has 0 unspecified atom stereocenters. The molecule has 1 N–H and O–H groups in total. The average Bonchev–Trinajstić information content (AvgIpc) is 2.96. The highest BCUT2D eigenvalue weighted by atomic mass is 19.1. The number of carboxylic acid groups (broad SMARTS) is 1. The van der Waals surface area contributed by atoms with Gasteiger partial charge in [0, 0.05) is 25.7 Å². The van der Waals surface area contributed by atoms with Crippen LogP contribution in [0, 0.1) is 11.7 Å². The Morgan fingerprint density at radius 2 is 2.19 bits per heavy atom. The Kier molecular flexibility index (Phi) is 2.58. The molecule has 0 heterocycles. The van der Waals surface area contributed by atoms with Gasteiger partial charge in [-0.05, 0) is 30.2 Å². The standard InChI is InChI=1S/C12H14FNO2/c1-14(2)11-4-3-7(13)5-9(11)8-6-10(8)12(15)16/h3-5,8,10H,6H2,1-2H3,(H,15,16)/t8-,10+/m0/s1. The number of carboxylic acids is 1. The normalized spacial score (nSPS) is 22.9. The van der Waals surface area contributed by atoms with Crippen LogP contribution in [0.3, 0.4) is 0 Å². The molecule has 2 rings (SSSR count). The van der Waals surface area contributed by atoms with Crippen molar-refractivity contribution in [1.82, 2.24) is 0 Å². The molecule has 86 valence electrons. The highest BCUT2D eigenvalue weighted by Crippen LogP contribution is 2.50. The third kappa shape index (κ3) is 1.87. The number of nitrogens with zero attached hydrogens (tertiary/aromatic N) is 1. The van der Waals surface area contributed by atoms with Crippen molar-refractivity contribution < 1.29 is 14.3 Å². The predicted molar refractivity (Wildman–Crippen MR) is 59.2 cm³/mol. The molecule has 0 aliphatic heterocycles. The Hall–Kier alpha value is -1.58. The summed E-state index contributed by atoms with van der Waals surface area (Å²) < 4.78 is 13.2. The van der Waals surface area contributed by atoms with Crippen LogP contribution in [-0.2, 0) is 4.79 Å². The first kappa shape index (κ1) is 10.9. The lowest BCUT2D eigenvalue weighted by molar-refractivity contribution is -0.138. The van der Waals surface area contributed by atoms with Crippen molar-refractivity contribution in [3.05, 3.63) is 29.6 Å². The van der Waals surface area contributed by atoms with Gasteiger partial charge in [0.2, 0.25) is 0 Å². The molecule has 4 heteroatoms. The van der Waals surface area contributed by atoms with Crippen molar-refractivity contribution in [1.29, 1.82) is 0 Å². The molecule has 16 heavy (non-hydrogen) atoms. The van der Waals surface area contributed by atoms with Gasteiger partial charge in [-0.1, -0.05) is 0 Å². The lowest BCUT2D eigenvalue weighted by atomic mass is 10.1. The SMILES string of the molecule is CN(C)c1ccc(F)cc1[C@@H]1C[C@H]1C(=O)O. The second kappa shape index (κ2) is 3.77. The molecular formula is C12H14FNO2. The van der Waals surface area contributed by atoms with Gasteiger partial charge in [-0.25, -0.2) is 4.39 Å². The van der Waals surface area contributed by atoms with Crippen molar-refractivity contribution in [2.24, 2.45) is 5.92 Å². The minimum atomic E-state index is -0.793. The van der Waals surface area contributed by atoms with E-state index in [2.05, 4.69) is 0 Å². The van der Waals surface area contributed by atoms with Crippen LogP contribution in [0.2, 0.25) is 0 Å². The summed E-state index contributed by atoms with van der Waals surface area (Å²) in [6.45, 7) is 0. The van der Waals surface area contributed by atoms with E-state index in [4.69, 9.17) is 5.11 Å². The van der Waals surface area contributed by atoms with E-state index in [0.717, 1.165) is 11.3 Å². The third-order valence-electron chi connectivity index (χ3n) is 2.98.